The lowest BCUT2D eigenvalue weighted by atomic mass is 10.1. The number of carbonyl (C=O) groups excluding carboxylic acids is 1. The van der Waals surface area contributed by atoms with Gasteiger partial charge in [-0.15, -0.1) is 0 Å². The zero-order valence-corrected chi connectivity index (χ0v) is 10.8. The third kappa shape index (κ3) is 2.81. The Bertz CT molecular complexity index is 455. The molecule has 3 nitrogen and oxygen atoms in total. The molecule has 0 atom stereocenters. The Hall–Kier alpha value is -1.58. The zero-order chi connectivity index (χ0) is 13.3. The predicted molar refractivity (Wildman–Crippen MR) is 69.7 cm³/mol. The SMILES string of the molecule is CC(C)N(CC1CC1)C(=O)c1cc(N)ccc1F. The van der Waals surface area contributed by atoms with Crippen molar-refractivity contribution in [2.75, 3.05) is 12.3 Å². The van der Waals surface area contributed by atoms with Crippen LogP contribution in [0.3, 0.4) is 0 Å². The molecule has 1 saturated carbocycles. The van der Waals surface area contributed by atoms with Crippen molar-refractivity contribution in [3.63, 3.8) is 0 Å². The summed E-state index contributed by atoms with van der Waals surface area (Å²) in [4.78, 5) is 14.1. The van der Waals surface area contributed by atoms with Crippen LogP contribution >= 0.6 is 0 Å². The number of hydrogen-bond acceptors (Lipinski definition) is 2. The lowest BCUT2D eigenvalue weighted by Gasteiger charge is -2.27. The van der Waals surface area contributed by atoms with Crippen molar-refractivity contribution in [1.82, 2.24) is 4.90 Å². The van der Waals surface area contributed by atoms with Gasteiger partial charge in [-0.25, -0.2) is 4.39 Å². The van der Waals surface area contributed by atoms with Crippen LogP contribution in [0.1, 0.15) is 37.0 Å². The zero-order valence-electron chi connectivity index (χ0n) is 10.8. The average molecular weight is 250 g/mol. The summed E-state index contributed by atoms with van der Waals surface area (Å²) in [6, 6.07) is 4.20. The number of nitrogens with two attached hydrogens (primary N) is 1. The number of halogens is 1. The van der Waals surface area contributed by atoms with Crippen LogP contribution in [0.4, 0.5) is 10.1 Å². The summed E-state index contributed by atoms with van der Waals surface area (Å²) in [7, 11) is 0. The van der Waals surface area contributed by atoms with Crippen molar-refractivity contribution in [2.45, 2.75) is 32.7 Å². The Morgan fingerprint density at radius 1 is 1.50 bits per heavy atom. The minimum Gasteiger partial charge on any atom is -0.399 e. The molecule has 0 bridgehead atoms. The van der Waals surface area contributed by atoms with Gasteiger partial charge in [-0.1, -0.05) is 0 Å². The highest BCUT2D eigenvalue weighted by Crippen LogP contribution is 2.31. The van der Waals surface area contributed by atoms with E-state index in [0.29, 0.717) is 18.2 Å². The molecule has 1 fully saturated rings. The fraction of sp³-hybridized carbons (Fsp3) is 0.500. The van der Waals surface area contributed by atoms with E-state index < -0.39 is 5.82 Å². The van der Waals surface area contributed by atoms with E-state index in [4.69, 9.17) is 5.73 Å². The number of amides is 1. The summed E-state index contributed by atoms with van der Waals surface area (Å²) in [5.41, 5.74) is 6.10. The van der Waals surface area contributed by atoms with Crippen LogP contribution in [0.25, 0.3) is 0 Å². The Balaban J connectivity index is 2.23. The smallest absolute Gasteiger partial charge is 0.257 e. The molecule has 1 amide bonds. The van der Waals surface area contributed by atoms with Gasteiger partial charge in [-0.05, 0) is 50.8 Å². The minimum atomic E-state index is -0.504. The normalized spacial score (nSPS) is 14.9. The van der Waals surface area contributed by atoms with E-state index in [1.165, 1.54) is 18.2 Å². The molecule has 0 radical (unpaired) electrons. The van der Waals surface area contributed by atoms with Crippen molar-refractivity contribution in [1.29, 1.82) is 0 Å². The number of benzene rings is 1. The molecule has 0 saturated heterocycles. The summed E-state index contributed by atoms with van der Waals surface area (Å²) in [6.07, 6.45) is 2.33. The van der Waals surface area contributed by atoms with Crippen LogP contribution in [0.2, 0.25) is 0 Å². The summed E-state index contributed by atoms with van der Waals surface area (Å²) in [6.45, 7) is 4.61. The van der Waals surface area contributed by atoms with Crippen LogP contribution in [-0.2, 0) is 0 Å². The molecule has 1 aliphatic carbocycles. The molecule has 4 heteroatoms. The first kappa shape index (κ1) is 12.9. The molecule has 1 aromatic rings. The van der Waals surface area contributed by atoms with Crippen LogP contribution in [0, 0.1) is 11.7 Å². The van der Waals surface area contributed by atoms with E-state index in [2.05, 4.69) is 0 Å². The number of carbonyl (C=O) groups is 1. The second kappa shape index (κ2) is 4.96. The predicted octanol–water partition coefficient (Wildman–Crippen LogP) is 2.67. The summed E-state index contributed by atoms with van der Waals surface area (Å²) >= 11 is 0. The molecule has 0 aliphatic heterocycles. The van der Waals surface area contributed by atoms with Crippen molar-refractivity contribution in [2.24, 2.45) is 5.92 Å². The highest BCUT2D eigenvalue weighted by atomic mass is 19.1. The van der Waals surface area contributed by atoms with Crippen LogP contribution < -0.4 is 5.73 Å². The van der Waals surface area contributed by atoms with Crippen molar-refractivity contribution < 1.29 is 9.18 Å². The molecule has 0 heterocycles. The Kier molecular flexibility index (Phi) is 3.55. The number of rotatable bonds is 4. The molecule has 2 N–H and O–H groups in total. The topological polar surface area (TPSA) is 46.3 Å². The second-order valence-corrected chi connectivity index (χ2v) is 5.23. The van der Waals surface area contributed by atoms with Crippen molar-refractivity contribution >= 4 is 11.6 Å². The largest absolute Gasteiger partial charge is 0.399 e. The third-order valence-corrected chi connectivity index (χ3v) is 3.26. The lowest BCUT2D eigenvalue weighted by Crippen LogP contribution is -2.39. The van der Waals surface area contributed by atoms with E-state index in [9.17, 15) is 9.18 Å². The minimum absolute atomic E-state index is 0.0685. The van der Waals surface area contributed by atoms with Gasteiger partial charge in [0.25, 0.3) is 5.91 Å². The Labute approximate surface area is 107 Å². The van der Waals surface area contributed by atoms with Crippen LogP contribution in [0.5, 0.6) is 0 Å². The maximum atomic E-state index is 13.7. The molecule has 2 rings (SSSR count). The standard InChI is InChI=1S/C14H19FN2O/c1-9(2)17(8-10-3-4-10)14(18)12-7-11(16)5-6-13(12)15/h5-7,9-10H,3-4,8,16H2,1-2H3. The van der Waals surface area contributed by atoms with Gasteiger partial charge < -0.3 is 10.6 Å². The maximum absolute atomic E-state index is 13.7. The summed E-state index contributed by atoms with van der Waals surface area (Å²) in [5.74, 6) is -0.183. The maximum Gasteiger partial charge on any atom is 0.257 e. The van der Waals surface area contributed by atoms with Gasteiger partial charge in [-0.2, -0.15) is 0 Å². The average Bonchev–Trinajstić information content (AvgIpc) is 3.12. The second-order valence-electron chi connectivity index (χ2n) is 5.23. The number of hydrogen-bond donors (Lipinski definition) is 1. The monoisotopic (exact) mass is 250 g/mol. The number of nitrogen functional groups attached to an aromatic ring is 1. The quantitative estimate of drug-likeness (QED) is 0.835. The van der Waals surface area contributed by atoms with E-state index in [-0.39, 0.29) is 17.5 Å². The molecular weight excluding hydrogens is 231 g/mol. The van der Waals surface area contributed by atoms with Crippen LogP contribution in [-0.4, -0.2) is 23.4 Å². The molecule has 1 aromatic carbocycles. The Morgan fingerprint density at radius 3 is 2.72 bits per heavy atom. The van der Waals surface area contributed by atoms with Gasteiger partial charge in [0.2, 0.25) is 0 Å². The third-order valence-electron chi connectivity index (χ3n) is 3.26. The first-order valence-corrected chi connectivity index (χ1v) is 6.35. The molecule has 18 heavy (non-hydrogen) atoms. The first-order chi connectivity index (χ1) is 8.49. The number of nitrogens with zero attached hydrogens (tertiary/aromatic N) is 1. The Morgan fingerprint density at radius 2 is 2.17 bits per heavy atom. The highest BCUT2D eigenvalue weighted by Gasteiger charge is 2.29. The van der Waals surface area contributed by atoms with Crippen molar-refractivity contribution in [3.05, 3.63) is 29.6 Å². The summed E-state index contributed by atoms with van der Waals surface area (Å²) in [5, 5.41) is 0. The van der Waals surface area contributed by atoms with Gasteiger partial charge in [0.15, 0.2) is 0 Å². The fourth-order valence-corrected chi connectivity index (χ4v) is 1.97. The number of anilines is 1. The molecule has 0 aromatic heterocycles. The lowest BCUT2D eigenvalue weighted by molar-refractivity contribution is 0.0691. The van der Waals surface area contributed by atoms with Gasteiger partial charge >= 0.3 is 0 Å². The van der Waals surface area contributed by atoms with E-state index >= 15 is 0 Å². The van der Waals surface area contributed by atoms with Crippen molar-refractivity contribution in [3.8, 4) is 0 Å². The van der Waals surface area contributed by atoms with E-state index in [0.717, 1.165) is 12.8 Å². The van der Waals surface area contributed by atoms with Gasteiger partial charge in [0.05, 0.1) is 5.56 Å². The molecule has 1 aliphatic rings. The molecule has 0 unspecified atom stereocenters. The van der Waals surface area contributed by atoms with E-state index in [1.54, 1.807) is 4.90 Å². The van der Waals surface area contributed by atoms with E-state index in [1.807, 2.05) is 13.8 Å². The van der Waals surface area contributed by atoms with Crippen LogP contribution in [0.15, 0.2) is 18.2 Å². The highest BCUT2D eigenvalue weighted by molar-refractivity contribution is 5.95. The summed E-state index contributed by atoms with van der Waals surface area (Å²) < 4.78 is 13.7. The first-order valence-electron chi connectivity index (χ1n) is 6.35. The van der Waals surface area contributed by atoms with Gasteiger partial charge in [0.1, 0.15) is 5.82 Å². The fourth-order valence-electron chi connectivity index (χ4n) is 1.97. The van der Waals surface area contributed by atoms with Gasteiger partial charge in [-0.3, -0.25) is 4.79 Å². The molecular formula is C14H19FN2O. The molecule has 98 valence electrons. The molecule has 0 spiro atoms. The van der Waals surface area contributed by atoms with Gasteiger partial charge in [0, 0.05) is 18.3 Å².